The van der Waals surface area contributed by atoms with Crippen LogP contribution in [0.4, 0.5) is 37.6 Å². The number of primary amides is 1. The molecule has 4 N–H and O–H groups in total. The highest BCUT2D eigenvalue weighted by atomic mass is 35.5. The number of rotatable bonds is 9. The first-order valence-electron chi connectivity index (χ1n) is 12.5. The molecule has 0 aliphatic carbocycles. The van der Waals surface area contributed by atoms with Crippen molar-refractivity contribution in [3.05, 3.63) is 45.7 Å². The fraction of sp³-hybridized carbons (Fsp3) is 0.400. The van der Waals surface area contributed by atoms with Crippen molar-refractivity contribution in [1.29, 1.82) is 0 Å². The van der Waals surface area contributed by atoms with Crippen LogP contribution in [0.3, 0.4) is 0 Å². The van der Waals surface area contributed by atoms with E-state index in [-0.39, 0.29) is 28.2 Å². The summed E-state index contributed by atoms with van der Waals surface area (Å²) in [4.78, 5) is 25.1. The number of aromatic nitrogens is 2. The van der Waals surface area contributed by atoms with E-state index in [4.69, 9.17) is 26.8 Å². The summed E-state index contributed by atoms with van der Waals surface area (Å²) in [6.07, 6.45) is 3.33. The number of carbonyl (C=O) groups excluding carboxylic acids is 1. The molecule has 10 nitrogen and oxygen atoms in total. The molecule has 2 aromatic heterocycles. The molecular formula is C25H28ClF2N7O3S. The van der Waals surface area contributed by atoms with E-state index in [2.05, 4.69) is 30.4 Å². The average Bonchev–Trinajstić information content (AvgIpc) is 3.40. The van der Waals surface area contributed by atoms with E-state index < -0.39 is 12.5 Å². The number of hydrogen-bond acceptors (Lipinski definition) is 10. The smallest absolute Gasteiger partial charge is 0.387 e. The van der Waals surface area contributed by atoms with Crippen LogP contribution in [0.1, 0.15) is 22.5 Å². The zero-order valence-electron chi connectivity index (χ0n) is 20.9. The lowest BCUT2D eigenvalue weighted by atomic mass is 10.0. The minimum atomic E-state index is -3.01. The summed E-state index contributed by atoms with van der Waals surface area (Å²) in [6.45, 7) is 2.03. The number of thiophene rings is 1. The van der Waals surface area contributed by atoms with E-state index in [1.165, 1.54) is 17.5 Å². The molecule has 4 heterocycles. The number of nitrogens with two attached hydrogens (primary N) is 1. The van der Waals surface area contributed by atoms with Gasteiger partial charge in [-0.2, -0.15) is 13.8 Å². The number of amides is 1. The van der Waals surface area contributed by atoms with Gasteiger partial charge in [0.15, 0.2) is 11.6 Å². The van der Waals surface area contributed by atoms with Crippen LogP contribution < -0.4 is 26.0 Å². The molecule has 14 heteroatoms. The summed E-state index contributed by atoms with van der Waals surface area (Å²) in [5.74, 6) is -0.308. The Hall–Kier alpha value is -3.26. The van der Waals surface area contributed by atoms with E-state index in [1.807, 2.05) is 6.07 Å². The molecule has 0 saturated carbocycles. The summed E-state index contributed by atoms with van der Waals surface area (Å²) < 4.78 is 37.0. The molecule has 0 unspecified atom stereocenters. The lowest BCUT2D eigenvalue weighted by molar-refractivity contribution is -0.0493. The van der Waals surface area contributed by atoms with Crippen molar-refractivity contribution in [1.82, 2.24) is 14.9 Å². The van der Waals surface area contributed by atoms with Gasteiger partial charge in [0.25, 0.3) is 5.91 Å². The highest BCUT2D eigenvalue weighted by molar-refractivity contribution is 7.12. The summed E-state index contributed by atoms with van der Waals surface area (Å²) in [5.41, 5.74) is 6.93. The first kappa shape index (κ1) is 27.3. The number of hydrogen-bond donors (Lipinski definition) is 3. The van der Waals surface area contributed by atoms with Crippen LogP contribution in [0.15, 0.2) is 35.8 Å². The summed E-state index contributed by atoms with van der Waals surface area (Å²) in [7, 11) is 0. The standard InChI is InChI=1S/C25H28ClF2N7O3S/c26-17-14-30-25(33-23(17)31-19-5-12-39-21(19)22(29)36)32-18-2-1-16(13-20(18)38-24(27)28)34-6-3-15(4-7-34)35-8-10-37-11-9-35/h1-2,5,12-15,24H,3-4,6-11H2,(H2,29,36)(H2,30,31,32,33). The largest absolute Gasteiger partial charge is 0.433 e. The highest BCUT2D eigenvalue weighted by Crippen LogP contribution is 2.35. The number of benzene rings is 1. The molecule has 1 amide bonds. The average molecular weight is 580 g/mol. The number of morpholine rings is 1. The second-order valence-corrected chi connectivity index (χ2v) is 10.4. The van der Waals surface area contributed by atoms with Gasteiger partial charge in [-0.3, -0.25) is 9.69 Å². The minimum absolute atomic E-state index is 0.0280. The Balaban J connectivity index is 1.31. The maximum Gasteiger partial charge on any atom is 0.387 e. The molecule has 1 aromatic carbocycles. The van der Waals surface area contributed by atoms with Gasteiger partial charge in [-0.1, -0.05) is 11.6 Å². The molecule has 2 aliphatic rings. The molecule has 0 atom stereocenters. The number of piperidine rings is 1. The fourth-order valence-corrected chi connectivity index (χ4v) is 5.64. The van der Waals surface area contributed by atoms with E-state index in [0.29, 0.717) is 16.6 Å². The van der Waals surface area contributed by atoms with Gasteiger partial charge in [0.05, 0.1) is 30.8 Å². The van der Waals surface area contributed by atoms with Crippen LogP contribution in [-0.4, -0.2) is 72.8 Å². The summed E-state index contributed by atoms with van der Waals surface area (Å²) in [5, 5.41) is 7.81. The number of nitrogens with one attached hydrogen (secondary N) is 2. The quantitative estimate of drug-likeness (QED) is 0.332. The molecule has 2 aliphatic heterocycles. The Labute approximate surface area is 233 Å². The Morgan fingerprint density at radius 3 is 2.64 bits per heavy atom. The monoisotopic (exact) mass is 579 g/mol. The molecule has 0 spiro atoms. The van der Waals surface area contributed by atoms with Crippen LogP contribution in [0.25, 0.3) is 0 Å². The topological polar surface area (TPSA) is 118 Å². The van der Waals surface area contributed by atoms with Gasteiger partial charge in [0, 0.05) is 44.0 Å². The minimum Gasteiger partial charge on any atom is -0.433 e. The van der Waals surface area contributed by atoms with Crippen LogP contribution in [-0.2, 0) is 4.74 Å². The SMILES string of the molecule is NC(=O)c1sccc1Nc1nc(Nc2ccc(N3CCC(N4CCOCC4)CC3)cc2OC(F)F)ncc1Cl. The van der Waals surface area contributed by atoms with Crippen molar-refractivity contribution in [2.45, 2.75) is 25.5 Å². The lowest BCUT2D eigenvalue weighted by Gasteiger charge is -2.40. The number of nitrogens with zero attached hydrogens (tertiary/aromatic N) is 4. The zero-order chi connectivity index (χ0) is 27.4. The second kappa shape index (κ2) is 12.3. The predicted octanol–water partition coefficient (Wildman–Crippen LogP) is 4.68. The molecular weight excluding hydrogens is 552 g/mol. The van der Waals surface area contributed by atoms with Gasteiger partial charge in [-0.05, 0) is 36.4 Å². The Bertz CT molecular complexity index is 1300. The van der Waals surface area contributed by atoms with Crippen LogP contribution in [0.2, 0.25) is 5.02 Å². The van der Waals surface area contributed by atoms with Gasteiger partial charge >= 0.3 is 6.61 Å². The molecule has 39 heavy (non-hydrogen) atoms. The molecule has 0 radical (unpaired) electrons. The number of halogens is 3. The van der Waals surface area contributed by atoms with Gasteiger partial charge < -0.3 is 30.7 Å². The van der Waals surface area contributed by atoms with Crippen molar-refractivity contribution < 1.29 is 23.0 Å². The highest BCUT2D eigenvalue weighted by Gasteiger charge is 2.26. The fourth-order valence-electron chi connectivity index (χ4n) is 4.80. The molecule has 0 bridgehead atoms. The Morgan fingerprint density at radius 1 is 1.15 bits per heavy atom. The van der Waals surface area contributed by atoms with Gasteiger partial charge in [0.1, 0.15) is 9.90 Å². The third-order valence-corrected chi connectivity index (χ3v) is 7.91. The normalized spacial score (nSPS) is 16.9. The Kier molecular flexibility index (Phi) is 8.60. The van der Waals surface area contributed by atoms with E-state index in [9.17, 15) is 13.6 Å². The number of alkyl halides is 2. The third-order valence-electron chi connectivity index (χ3n) is 6.71. The van der Waals surface area contributed by atoms with Crippen molar-refractivity contribution >= 4 is 57.7 Å². The molecule has 3 aromatic rings. The van der Waals surface area contributed by atoms with Gasteiger partial charge in [-0.15, -0.1) is 11.3 Å². The number of ether oxygens (including phenoxy) is 2. The maximum atomic E-state index is 13.3. The first-order valence-corrected chi connectivity index (χ1v) is 13.7. The molecule has 208 valence electrons. The van der Waals surface area contributed by atoms with Gasteiger partial charge in [0.2, 0.25) is 5.95 Å². The zero-order valence-corrected chi connectivity index (χ0v) is 22.5. The van der Waals surface area contributed by atoms with Crippen molar-refractivity contribution in [2.24, 2.45) is 5.73 Å². The lowest BCUT2D eigenvalue weighted by Crippen LogP contribution is -2.49. The maximum absolute atomic E-state index is 13.3. The van der Waals surface area contributed by atoms with Crippen molar-refractivity contribution in [2.75, 3.05) is 54.9 Å². The summed E-state index contributed by atoms with van der Waals surface area (Å²) in [6, 6.07) is 7.29. The second-order valence-electron chi connectivity index (χ2n) is 9.09. The van der Waals surface area contributed by atoms with E-state index >= 15 is 0 Å². The number of carbonyl (C=O) groups is 1. The third kappa shape index (κ3) is 6.67. The van der Waals surface area contributed by atoms with Gasteiger partial charge in [-0.25, -0.2) is 4.98 Å². The summed E-state index contributed by atoms with van der Waals surface area (Å²) >= 11 is 7.43. The Morgan fingerprint density at radius 2 is 1.92 bits per heavy atom. The van der Waals surface area contributed by atoms with E-state index in [0.717, 1.165) is 57.9 Å². The number of anilines is 5. The first-order chi connectivity index (χ1) is 18.9. The van der Waals surface area contributed by atoms with Crippen LogP contribution in [0, 0.1) is 0 Å². The molecule has 2 fully saturated rings. The van der Waals surface area contributed by atoms with E-state index in [1.54, 1.807) is 23.6 Å². The van der Waals surface area contributed by atoms with Crippen LogP contribution in [0.5, 0.6) is 5.75 Å². The van der Waals surface area contributed by atoms with Crippen molar-refractivity contribution in [3.8, 4) is 5.75 Å². The van der Waals surface area contributed by atoms with Crippen LogP contribution >= 0.6 is 22.9 Å². The molecule has 2 saturated heterocycles. The predicted molar refractivity (Wildman–Crippen MR) is 147 cm³/mol. The van der Waals surface area contributed by atoms with Crippen molar-refractivity contribution in [3.63, 3.8) is 0 Å². The molecule has 5 rings (SSSR count).